The molecule has 9 nitrogen and oxygen atoms in total. The topological polar surface area (TPSA) is 97.4 Å². The Morgan fingerprint density at radius 1 is 1.00 bits per heavy atom. The van der Waals surface area contributed by atoms with Crippen molar-refractivity contribution in [2.24, 2.45) is 5.92 Å². The molecule has 3 amide bonds. The van der Waals surface area contributed by atoms with E-state index in [4.69, 9.17) is 14.2 Å². The summed E-state index contributed by atoms with van der Waals surface area (Å²) in [6, 6.07) is 9.87. The summed E-state index contributed by atoms with van der Waals surface area (Å²) in [6.45, 7) is 1.34. The van der Waals surface area contributed by atoms with Gasteiger partial charge in [0.15, 0.2) is 11.5 Å². The second kappa shape index (κ2) is 9.90. The van der Waals surface area contributed by atoms with Crippen LogP contribution in [0.5, 0.6) is 11.5 Å². The van der Waals surface area contributed by atoms with Crippen LogP contribution in [0.4, 0.5) is 4.39 Å². The van der Waals surface area contributed by atoms with Crippen LogP contribution in [0.2, 0.25) is 0 Å². The van der Waals surface area contributed by atoms with Crippen molar-refractivity contribution in [3.05, 3.63) is 59.4 Å². The summed E-state index contributed by atoms with van der Waals surface area (Å²) in [5.74, 6) is 0.349. The van der Waals surface area contributed by atoms with Crippen molar-refractivity contribution >= 4 is 17.7 Å². The van der Waals surface area contributed by atoms with E-state index in [9.17, 15) is 18.8 Å². The lowest BCUT2D eigenvalue weighted by Crippen LogP contribution is -2.60. The Morgan fingerprint density at radius 2 is 1.74 bits per heavy atom. The second-order valence-corrected chi connectivity index (χ2v) is 10.3. The summed E-state index contributed by atoms with van der Waals surface area (Å²) >= 11 is 0. The number of amides is 3. The van der Waals surface area contributed by atoms with Crippen LogP contribution in [-0.2, 0) is 20.9 Å². The van der Waals surface area contributed by atoms with E-state index in [0.717, 1.165) is 24.8 Å². The zero-order valence-corrected chi connectivity index (χ0v) is 21.0. The third-order valence-electron chi connectivity index (χ3n) is 8.09. The number of nitrogens with zero attached hydrogens (tertiary/aromatic N) is 2. The van der Waals surface area contributed by atoms with Crippen LogP contribution in [0.25, 0.3) is 0 Å². The fourth-order valence-corrected chi connectivity index (χ4v) is 5.65. The van der Waals surface area contributed by atoms with E-state index in [1.165, 1.54) is 29.2 Å². The number of benzene rings is 2. The molecule has 2 aromatic carbocycles. The van der Waals surface area contributed by atoms with Crippen LogP contribution in [0.3, 0.4) is 0 Å². The Kier molecular flexibility index (Phi) is 6.43. The van der Waals surface area contributed by atoms with E-state index in [2.05, 4.69) is 5.32 Å². The molecule has 10 heteroatoms. The molecule has 2 aromatic rings. The van der Waals surface area contributed by atoms with Gasteiger partial charge >= 0.3 is 0 Å². The molecule has 0 bridgehead atoms. The minimum absolute atomic E-state index is 0.0382. The zero-order chi connectivity index (χ0) is 26.3. The number of ether oxygens (including phenoxy) is 3. The van der Waals surface area contributed by atoms with Crippen molar-refractivity contribution in [2.75, 3.05) is 26.5 Å². The van der Waals surface area contributed by atoms with Gasteiger partial charge in [0.25, 0.3) is 5.91 Å². The molecule has 1 saturated carbocycles. The van der Waals surface area contributed by atoms with Gasteiger partial charge in [0.2, 0.25) is 18.6 Å². The van der Waals surface area contributed by atoms with Crippen LogP contribution in [0.15, 0.2) is 42.5 Å². The first kappa shape index (κ1) is 24.7. The normalized spacial score (nSPS) is 21.9. The number of halogens is 1. The van der Waals surface area contributed by atoms with Crippen LogP contribution in [-0.4, -0.2) is 65.8 Å². The van der Waals surface area contributed by atoms with Crippen LogP contribution < -0.4 is 14.8 Å². The lowest BCUT2D eigenvalue weighted by molar-refractivity contribution is -0.149. The highest BCUT2D eigenvalue weighted by molar-refractivity contribution is 5.98. The van der Waals surface area contributed by atoms with Crippen molar-refractivity contribution < 1.29 is 33.0 Å². The molecule has 0 aromatic heterocycles. The van der Waals surface area contributed by atoms with Gasteiger partial charge in [0.1, 0.15) is 17.6 Å². The number of hydrogen-bond donors (Lipinski definition) is 1. The van der Waals surface area contributed by atoms with E-state index < -0.39 is 23.5 Å². The Morgan fingerprint density at radius 3 is 2.45 bits per heavy atom. The average Bonchev–Trinajstić information content (AvgIpc) is 3.51. The van der Waals surface area contributed by atoms with E-state index >= 15 is 0 Å². The summed E-state index contributed by atoms with van der Waals surface area (Å²) in [6.07, 6.45) is 3.75. The third-order valence-corrected chi connectivity index (χ3v) is 8.09. The summed E-state index contributed by atoms with van der Waals surface area (Å²) in [4.78, 5) is 43.4. The Bertz CT molecular complexity index is 1240. The van der Waals surface area contributed by atoms with Crippen molar-refractivity contribution in [1.29, 1.82) is 0 Å². The quantitative estimate of drug-likeness (QED) is 0.648. The largest absolute Gasteiger partial charge is 0.454 e. The van der Waals surface area contributed by atoms with Gasteiger partial charge in [-0.1, -0.05) is 12.5 Å². The van der Waals surface area contributed by atoms with Crippen molar-refractivity contribution in [3.8, 4) is 11.5 Å². The summed E-state index contributed by atoms with van der Waals surface area (Å²) in [5, 5.41) is 2.92. The molecule has 3 heterocycles. The molecular formula is C28H30FN3O6. The molecular weight excluding hydrogens is 493 g/mol. The third kappa shape index (κ3) is 4.47. The number of carbonyl (C=O) groups excluding carboxylic acids is 3. The fraction of sp³-hybridized carbons (Fsp3) is 0.464. The molecule has 3 fully saturated rings. The van der Waals surface area contributed by atoms with E-state index in [1.807, 2.05) is 17.0 Å². The molecule has 200 valence electrons. The smallest absolute Gasteiger partial charge is 0.256 e. The number of carbonyl (C=O) groups is 3. The molecule has 1 aliphatic carbocycles. The molecule has 1 N–H and O–H groups in total. The standard InChI is InChI=1S/C28H30FN3O6/c29-21-7-5-20(6-8-21)27(35)32-22(25(33)30-15-18-4-9-23-24(14-18)37-17-36-23)16-38-28(32)10-12-31(13-11-28)26(34)19-2-1-3-19/h4-9,14,19,22H,1-3,10-13,15-17H2,(H,30,33). The van der Waals surface area contributed by atoms with Crippen molar-refractivity contribution in [1.82, 2.24) is 15.1 Å². The lowest BCUT2D eigenvalue weighted by Gasteiger charge is -2.45. The molecule has 3 aliphatic heterocycles. The SMILES string of the molecule is O=C(NCc1ccc2c(c1)OCO2)C1COC2(CCN(C(=O)C3CCC3)CC2)N1C(=O)c1ccc(F)cc1. The van der Waals surface area contributed by atoms with Crippen molar-refractivity contribution in [2.45, 2.75) is 50.4 Å². The number of fused-ring (bicyclic) bond motifs is 1. The molecule has 4 aliphatic rings. The monoisotopic (exact) mass is 523 g/mol. The molecule has 6 rings (SSSR count). The Balaban J connectivity index is 1.20. The van der Waals surface area contributed by atoms with Crippen LogP contribution >= 0.6 is 0 Å². The number of hydrogen-bond acceptors (Lipinski definition) is 6. The van der Waals surface area contributed by atoms with Crippen LogP contribution in [0.1, 0.15) is 48.0 Å². The lowest BCUT2D eigenvalue weighted by atomic mass is 9.83. The van der Waals surface area contributed by atoms with E-state index in [-0.39, 0.29) is 43.2 Å². The van der Waals surface area contributed by atoms with Gasteiger partial charge in [-0.25, -0.2) is 4.39 Å². The van der Waals surface area contributed by atoms with E-state index in [0.29, 0.717) is 37.4 Å². The number of piperidine rings is 1. The molecule has 1 spiro atoms. The first-order valence-corrected chi connectivity index (χ1v) is 13.1. The maximum absolute atomic E-state index is 13.8. The first-order chi connectivity index (χ1) is 18.4. The van der Waals surface area contributed by atoms with Gasteiger partial charge in [-0.3, -0.25) is 19.3 Å². The minimum atomic E-state index is -1.01. The van der Waals surface area contributed by atoms with E-state index in [1.54, 1.807) is 6.07 Å². The van der Waals surface area contributed by atoms with Gasteiger partial charge in [0.05, 0.1) is 6.61 Å². The number of nitrogens with one attached hydrogen (secondary N) is 1. The van der Waals surface area contributed by atoms with Crippen molar-refractivity contribution in [3.63, 3.8) is 0 Å². The summed E-state index contributed by atoms with van der Waals surface area (Å²) in [5.41, 5.74) is 0.0936. The molecule has 2 saturated heterocycles. The van der Waals surface area contributed by atoms with Gasteiger partial charge in [-0.15, -0.1) is 0 Å². The Hall–Kier alpha value is -3.66. The summed E-state index contributed by atoms with van der Waals surface area (Å²) in [7, 11) is 0. The Labute approximate surface area is 219 Å². The predicted octanol–water partition coefficient (Wildman–Crippen LogP) is 2.83. The highest BCUT2D eigenvalue weighted by Crippen LogP contribution is 2.40. The van der Waals surface area contributed by atoms with Crippen LogP contribution in [0, 0.1) is 11.7 Å². The maximum atomic E-state index is 13.8. The predicted molar refractivity (Wildman–Crippen MR) is 133 cm³/mol. The average molecular weight is 524 g/mol. The first-order valence-electron chi connectivity index (χ1n) is 13.1. The number of rotatable bonds is 5. The summed E-state index contributed by atoms with van der Waals surface area (Å²) < 4.78 is 30.6. The zero-order valence-electron chi connectivity index (χ0n) is 21.0. The highest BCUT2D eigenvalue weighted by Gasteiger charge is 2.54. The van der Waals surface area contributed by atoms with Gasteiger partial charge < -0.3 is 24.4 Å². The molecule has 0 radical (unpaired) electrons. The molecule has 1 unspecified atom stereocenters. The fourth-order valence-electron chi connectivity index (χ4n) is 5.65. The molecule has 1 atom stereocenters. The maximum Gasteiger partial charge on any atom is 0.256 e. The van der Waals surface area contributed by atoms with Gasteiger partial charge in [0, 0.05) is 44.0 Å². The number of likely N-dealkylation sites (tertiary alicyclic amines) is 1. The minimum Gasteiger partial charge on any atom is -0.454 e. The second-order valence-electron chi connectivity index (χ2n) is 10.3. The molecule has 38 heavy (non-hydrogen) atoms. The highest BCUT2D eigenvalue weighted by atomic mass is 19.1. The van der Waals surface area contributed by atoms with Gasteiger partial charge in [-0.2, -0.15) is 0 Å². The van der Waals surface area contributed by atoms with Gasteiger partial charge in [-0.05, 0) is 54.8 Å².